The van der Waals surface area contributed by atoms with Gasteiger partial charge in [-0.2, -0.15) is 13.2 Å². The second-order valence-electron chi connectivity index (χ2n) is 7.86. The Morgan fingerprint density at radius 3 is 2.37 bits per heavy atom. The molecule has 0 saturated carbocycles. The molecule has 3 aromatic rings. The van der Waals surface area contributed by atoms with Crippen LogP contribution in [0.1, 0.15) is 24.3 Å². The molecule has 15 heteroatoms. The summed E-state index contributed by atoms with van der Waals surface area (Å²) in [4.78, 5) is 20.0. The van der Waals surface area contributed by atoms with E-state index in [1.165, 1.54) is 6.92 Å². The lowest BCUT2D eigenvalue weighted by Crippen LogP contribution is -2.40. The zero-order valence-electron chi connectivity index (χ0n) is 18.5. The number of rotatable bonds is 7. The molecule has 0 fully saturated rings. The number of urea groups is 1. The number of anilines is 2. The van der Waals surface area contributed by atoms with Crippen molar-refractivity contribution in [2.75, 3.05) is 22.6 Å². The van der Waals surface area contributed by atoms with Gasteiger partial charge in [-0.05, 0) is 19.9 Å². The Kier molecular flexibility index (Phi) is 7.19. The molecule has 2 heterocycles. The normalized spacial score (nSPS) is 13.9. The van der Waals surface area contributed by atoms with Crippen LogP contribution in [0.25, 0.3) is 11.0 Å². The molecule has 3 rings (SSSR count). The Labute approximate surface area is 196 Å². The average molecular weight is 521 g/mol. The van der Waals surface area contributed by atoms with Crippen LogP contribution in [0.2, 0.25) is 0 Å². The van der Waals surface area contributed by atoms with Gasteiger partial charge in [0.25, 0.3) is 0 Å². The predicted octanol–water partition coefficient (Wildman–Crippen LogP) is 4.08. The third kappa shape index (κ3) is 6.55. The van der Waals surface area contributed by atoms with Gasteiger partial charge >= 0.3 is 12.2 Å². The summed E-state index contributed by atoms with van der Waals surface area (Å²) in [6.45, 7) is 2.77. The minimum atomic E-state index is -5.04. The maximum Gasteiger partial charge on any atom is 0.416 e. The molecule has 2 atom stereocenters. The second-order valence-corrected chi connectivity index (χ2v) is 10.0. The maximum atomic E-state index is 14.0. The third-order valence-electron chi connectivity index (χ3n) is 4.70. The molecule has 0 aliphatic rings. The molecule has 0 bridgehead atoms. The first kappa shape index (κ1) is 26.1. The number of nitrogens with one attached hydrogen (secondary N) is 3. The third-order valence-corrected chi connectivity index (χ3v) is 5.80. The molecule has 9 nitrogen and oxygen atoms in total. The van der Waals surface area contributed by atoms with Crippen LogP contribution in [0.5, 0.6) is 0 Å². The molecular formula is C20H20F5N5O4S. The van der Waals surface area contributed by atoms with Crippen LogP contribution >= 0.6 is 0 Å². The van der Waals surface area contributed by atoms with Gasteiger partial charge in [-0.1, -0.05) is 0 Å². The molecule has 190 valence electrons. The fourth-order valence-electron chi connectivity index (χ4n) is 3.31. The molecule has 3 N–H and O–H groups in total. The summed E-state index contributed by atoms with van der Waals surface area (Å²) in [5.74, 6) is -3.13. The van der Waals surface area contributed by atoms with Gasteiger partial charge in [0.05, 0.1) is 23.8 Å². The van der Waals surface area contributed by atoms with E-state index in [-0.39, 0.29) is 28.3 Å². The minimum Gasteiger partial charge on any atom is -0.455 e. The molecule has 35 heavy (non-hydrogen) atoms. The van der Waals surface area contributed by atoms with E-state index in [9.17, 15) is 35.2 Å². The number of aromatic nitrogens is 2. The van der Waals surface area contributed by atoms with Crippen molar-refractivity contribution in [2.45, 2.75) is 32.1 Å². The van der Waals surface area contributed by atoms with E-state index >= 15 is 0 Å². The minimum absolute atomic E-state index is 0.0347. The van der Waals surface area contributed by atoms with Crippen molar-refractivity contribution in [1.82, 2.24) is 15.3 Å². The lowest BCUT2D eigenvalue weighted by atomic mass is 10.1. The van der Waals surface area contributed by atoms with Crippen molar-refractivity contribution < 1.29 is 39.6 Å². The number of furan rings is 1. The van der Waals surface area contributed by atoms with E-state index < -0.39 is 57.1 Å². The van der Waals surface area contributed by atoms with Crippen molar-refractivity contribution in [3.05, 3.63) is 47.5 Å². The number of amides is 2. The van der Waals surface area contributed by atoms with E-state index in [0.717, 1.165) is 24.7 Å². The van der Waals surface area contributed by atoms with Gasteiger partial charge < -0.3 is 20.4 Å². The number of hydrogen-bond donors (Lipinski definition) is 3. The quantitative estimate of drug-likeness (QED) is 0.400. The van der Waals surface area contributed by atoms with Crippen LogP contribution in [0.3, 0.4) is 0 Å². The van der Waals surface area contributed by atoms with Crippen LogP contribution in [0.4, 0.5) is 38.4 Å². The smallest absolute Gasteiger partial charge is 0.416 e. The Morgan fingerprint density at radius 2 is 1.80 bits per heavy atom. The molecule has 0 spiro atoms. The van der Waals surface area contributed by atoms with Gasteiger partial charge in [0.15, 0.2) is 17.4 Å². The highest BCUT2D eigenvalue weighted by Crippen LogP contribution is 2.39. The summed E-state index contributed by atoms with van der Waals surface area (Å²) >= 11 is 0. The molecule has 0 radical (unpaired) electrons. The van der Waals surface area contributed by atoms with E-state index in [1.807, 2.05) is 0 Å². The first-order valence-electron chi connectivity index (χ1n) is 9.92. The van der Waals surface area contributed by atoms with Gasteiger partial charge in [0.2, 0.25) is 5.95 Å². The number of hydrogen-bond acceptors (Lipinski definition) is 7. The average Bonchev–Trinajstić information content (AvgIpc) is 3.02. The Balaban J connectivity index is 1.75. The molecule has 0 aliphatic heterocycles. The van der Waals surface area contributed by atoms with Crippen LogP contribution in [0.15, 0.2) is 28.9 Å². The lowest BCUT2D eigenvalue weighted by Gasteiger charge is -2.20. The van der Waals surface area contributed by atoms with E-state index in [2.05, 4.69) is 20.6 Å². The monoisotopic (exact) mass is 521 g/mol. The van der Waals surface area contributed by atoms with Crippen molar-refractivity contribution in [3.63, 3.8) is 0 Å². The van der Waals surface area contributed by atoms with Crippen LogP contribution < -0.4 is 16.0 Å². The van der Waals surface area contributed by atoms with E-state index in [1.54, 1.807) is 12.2 Å². The van der Waals surface area contributed by atoms with Crippen molar-refractivity contribution in [2.24, 2.45) is 0 Å². The van der Waals surface area contributed by atoms with Crippen molar-refractivity contribution in [3.8, 4) is 0 Å². The number of carbonyl (C=O) groups excluding carboxylic acids is 1. The zero-order valence-corrected chi connectivity index (χ0v) is 19.3. The highest BCUT2D eigenvalue weighted by Gasteiger charge is 2.45. The number of alkyl halides is 3. The fraction of sp³-hybridized carbons (Fsp3) is 0.350. The lowest BCUT2D eigenvalue weighted by molar-refractivity contribution is -0.158. The van der Waals surface area contributed by atoms with Crippen molar-refractivity contribution >= 4 is 38.5 Å². The number of halogens is 5. The van der Waals surface area contributed by atoms with Crippen molar-refractivity contribution in [1.29, 1.82) is 0 Å². The molecule has 1 unspecified atom stereocenters. The first-order chi connectivity index (χ1) is 16.1. The number of benzene rings is 1. The molecule has 0 aliphatic carbocycles. The van der Waals surface area contributed by atoms with Crippen LogP contribution in [0, 0.1) is 18.6 Å². The molecule has 0 saturated heterocycles. The largest absolute Gasteiger partial charge is 0.455 e. The Morgan fingerprint density at radius 1 is 1.17 bits per heavy atom. The SMILES string of the molecule is Cc1c(C(NC(=O)Nc2cnc(N[C@H](C)CS(C)(=O)=O)nc2)C(F)(F)F)oc2c(F)cc(F)cc12. The van der Waals surface area contributed by atoms with Gasteiger partial charge in [-0.25, -0.2) is 32.0 Å². The summed E-state index contributed by atoms with van der Waals surface area (Å²) in [7, 11) is -3.25. The van der Waals surface area contributed by atoms with Crippen LogP contribution in [-0.4, -0.2) is 48.6 Å². The highest BCUT2D eigenvalue weighted by molar-refractivity contribution is 7.90. The fourth-order valence-corrected chi connectivity index (χ4v) is 4.31. The van der Waals surface area contributed by atoms with Gasteiger partial charge in [0.1, 0.15) is 21.4 Å². The number of fused-ring (bicyclic) bond motifs is 1. The zero-order chi connectivity index (χ0) is 26.1. The van der Waals surface area contributed by atoms with Gasteiger partial charge in [-0.15, -0.1) is 0 Å². The first-order valence-corrected chi connectivity index (χ1v) is 12.0. The van der Waals surface area contributed by atoms with E-state index in [0.29, 0.717) is 6.07 Å². The summed E-state index contributed by atoms with van der Waals surface area (Å²) < 4.78 is 96.4. The topological polar surface area (TPSA) is 126 Å². The molecule has 2 amide bonds. The van der Waals surface area contributed by atoms with Gasteiger partial charge in [-0.3, -0.25) is 0 Å². The Bertz CT molecular complexity index is 1340. The molecular weight excluding hydrogens is 501 g/mol. The maximum absolute atomic E-state index is 14.0. The van der Waals surface area contributed by atoms with Gasteiger partial charge in [0, 0.05) is 29.3 Å². The molecule has 2 aromatic heterocycles. The summed E-state index contributed by atoms with van der Waals surface area (Å²) in [6.07, 6.45) is -1.79. The summed E-state index contributed by atoms with van der Waals surface area (Å²) in [6, 6.07) is -3.19. The Hall–Kier alpha value is -3.49. The van der Waals surface area contributed by atoms with Crippen LogP contribution in [-0.2, 0) is 9.84 Å². The molecule has 1 aromatic carbocycles. The summed E-state index contributed by atoms with van der Waals surface area (Å²) in [5.41, 5.74) is -0.834. The number of nitrogens with zero attached hydrogens (tertiary/aromatic N) is 2. The predicted molar refractivity (Wildman–Crippen MR) is 117 cm³/mol. The second kappa shape index (κ2) is 9.64. The number of carbonyl (C=O) groups is 1. The highest BCUT2D eigenvalue weighted by atomic mass is 32.2. The van der Waals surface area contributed by atoms with E-state index in [4.69, 9.17) is 4.42 Å². The summed E-state index contributed by atoms with van der Waals surface area (Å²) in [5, 5.41) is 6.37. The number of sulfone groups is 1. The standard InChI is InChI=1S/C20H20F5N5O4S/c1-9(8-35(3,32)33)28-18-26-6-12(7-27-18)29-19(31)30-17(20(23,24)25)15-10(2)13-4-11(21)5-14(22)16(13)34-15/h4-7,9,17H,8H2,1-3H3,(H,26,27,28)(H2,29,30,31)/t9-,17?/m1/s1. The number of aryl methyl sites for hydroxylation is 1.